The van der Waals surface area contributed by atoms with E-state index in [-0.39, 0.29) is 11.5 Å². The lowest BCUT2D eigenvalue weighted by Crippen LogP contribution is -2.38. The van der Waals surface area contributed by atoms with Gasteiger partial charge < -0.3 is 5.73 Å². The van der Waals surface area contributed by atoms with Crippen molar-refractivity contribution >= 4 is 0 Å². The molecule has 2 aromatic rings. The lowest BCUT2D eigenvalue weighted by atomic mass is 9.68. The molecule has 0 fully saturated rings. The first-order valence-corrected chi connectivity index (χ1v) is 7.93. The fourth-order valence-electron chi connectivity index (χ4n) is 3.52. The Hall–Kier alpha value is -1.60. The molecule has 0 amide bonds. The Morgan fingerprint density at radius 3 is 2.10 bits per heavy atom. The number of aryl methyl sites for hydroxylation is 2. The van der Waals surface area contributed by atoms with E-state index in [0.29, 0.717) is 0 Å². The van der Waals surface area contributed by atoms with Crippen LogP contribution in [0, 0.1) is 13.8 Å². The molecular weight excluding hydrogens is 254 g/mol. The third-order valence-corrected chi connectivity index (χ3v) is 4.97. The van der Waals surface area contributed by atoms with E-state index in [4.69, 9.17) is 5.73 Å². The maximum absolute atomic E-state index is 6.78. The zero-order valence-electron chi connectivity index (χ0n) is 13.7. The van der Waals surface area contributed by atoms with E-state index in [9.17, 15) is 0 Å². The van der Waals surface area contributed by atoms with Gasteiger partial charge in [-0.25, -0.2) is 0 Å². The van der Waals surface area contributed by atoms with Crippen molar-refractivity contribution in [2.24, 2.45) is 5.73 Å². The summed E-state index contributed by atoms with van der Waals surface area (Å²) in [5.74, 6) is 0. The summed E-state index contributed by atoms with van der Waals surface area (Å²) in [6, 6.07) is 17.4. The molecule has 2 rings (SSSR count). The Labute approximate surface area is 129 Å². The van der Waals surface area contributed by atoms with Crippen LogP contribution < -0.4 is 5.73 Å². The van der Waals surface area contributed by atoms with Crippen molar-refractivity contribution in [2.45, 2.75) is 52.0 Å². The Morgan fingerprint density at radius 1 is 0.952 bits per heavy atom. The van der Waals surface area contributed by atoms with E-state index in [1.165, 1.54) is 22.3 Å². The Kier molecular flexibility index (Phi) is 4.84. The van der Waals surface area contributed by atoms with Crippen molar-refractivity contribution in [1.29, 1.82) is 0 Å². The van der Waals surface area contributed by atoms with E-state index in [1.54, 1.807) is 0 Å². The molecular formula is C20H27N. The van der Waals surface area contributed by atoms with Gasteiger partial charge in [-0.05, 0) is 43.4 Å². The van der Waals surface area contributed by atoms with Crippen LogP contribution in [0.15, 0.2) is 48.5 Å². The molecule has 0 spiro atoms. The largest absolute Gasteiger partial charge is 0.323 e. The van der Waals surface area contributed by atoms with Gasteiger partial charge in [-0.15, -0.1) is 0 Å². The minimum atomic E-state index is 0.00127. The summed E-state index contributed by atoms with van der Waals surface area (Å²) in [7, 11) is 0. The molecule has 0 aliphatic carbocycles. The highest BCUT2D eigenvalue weighted by atomic mass is 14.7. The SMILES string of the molecule is CCC(CC)(c1ccccc1)C(N)c1ccc(C)cc1C. The van der Waals surface area contributed by atoms with Crippen LogP contribution in [0.2, 0.25) is 0 Å². The van der Waals surface area contributed by atoms with Gasteiger partial charge in [0.25, 0.3) is 0 Å². The Morgan fingerprint density at radius 2 is 1.57 bits per heavy atom. The van der Waals surface area contributed by atoms with Crippen molar-refractivity contribution in [1.82, 2.24) is 0 Å². The van der Waals surface area contributed by atoms with Crippen LogP contribution in [-0.2, 0) is 5.41 Å². The normalized spacial score (nSPS) is 13.2. The summed E-state index contributed by atoms with van der Waals surface area (Å²) >= 11 is 0. The highest BCUT2D eigenvalue weighted by molar-refractivity contribution is 5.38. The summed E-state index contributed by atoms with van der Waals surface area (Å²) < 4.78 is 0. The van der Waals surface area contributed by atoms with E-state index < -0.39 is 0 Å². The molecule has 1 unspecified atom stereocenters. The van der Waals surface area contributed by atoms with Crippen molar-refractivity contribution in [3.63, 3.8) is 0 Å². The van der Waals surface area contributed by atoms with Gasteiger partial charge in [0, 0.05) is 11.5 Å². The summed E-state index contributed by atoms with van der Waals surface area (Å²) in [5, 5.41) is 0. The predicted octanol–water partition coefficient (Wildman–Crippen LogP) is 5.06. The summed E-state index contributed by atoms with van der Waals surface area (Å²) in [5.41, 5.74) is 12.0. The quantitative estimate of drug-likeness (QED) is 0.814. The van der Waals surface area contributed by atoms with E-state index in [2.05, 4.69) is 76.2 Å². The summed E-state index contributed by atoms with van der Waals surface area (Å²) in [4.78, 5) is 0. The lowest BCUT2D eigenvalue weighted by Gasteiger charge is -2.39. The maximum atomic E-state index is 6.78. The van der Waals surface area contributed by atoms with Crippen LogP contribution in [-0.4, -0.2) is 0 Å². The zero-order chi connectivity index (χ0) is 15.5. The third kappa shape index (κ3) is 2.89. The second-order valence-electron chi connectivity index (χ2n) is 6.07. The molecule has 0 aromatic heterocycles. The second kappa shape index (κ2) is 6.44. The molecule has 0 saturated heterocycles. The van der Waals surface area contributed by atoms with Gasteiger partial charge in [0.05, 0.1) is 0 Å². The average Bonchev–Trinajstić information content (AvgIpc) is 2.50. The van der Waals surface area contributed by atoms with Crippen LogP contribution in [0.3, 0.4) is 0 Å². The molecule has 0 aliphatic rings. The highest BCUT2D eigenvalue weighted by Crippen LogP contribution is 2.42. The Balaban J connectivity index is 2.52. The summed E-state index contributed by atoms with van der Waals surface area (Å²) in [6.07, 6.45) is 2.09. The first kappa shape index (κ1) is 15.8. The summed E-state index contributed by atoms with van der Waals surface area (Å²) in [6.45, 7) is 8.80. The molecule has 0 heterocycles. The van der Waals surface area contributed by atoms with Gasteiger partial charge in [-0.2, -0.15) is 0 Å². The van der Waals surface area contributed by atoms with Crippen LogP contribution in [0.25, 0.3) is 0 Å². The van der Waals surface area contributed by atoms with Crippen molar-refractivity contribution in [3.8, 4) is 0 Å². The van der Waals surface area contributed by atoms with Crippen LogP contribution in [0.1, 0.15) is 55.0 Å². The van der Waals surface area contributed by atoms with Gasteiger partial charge in [-0.3, -0.25) is 0 Å². The second-order valence-corrected chi connectivity index (χ2v) is 6.07. The molecule has 21 heavy (non-hydrogen) atoms. The highest BCUT2D eigenvalue weighted by Gasteiger charge is 2.36. The standard InChI is InChI=1S/C20H27N/c1-5-20(6-2,17-10-8-7-9-11-17)19(21)18-13-12-15(3)14-16(18)4/h7-14,19H,5-6,21H2,1-4H3. The van der Waals surface area contributed by atoms with Gasteiger partial charge in [0.15, 0.2) is 0 Å². The first-order chi connectivity index (χ1) is 10.0. The number of hydrogen-bond acceptors (Lipinski definition) is 1. The molecule has 0 radical (unpaired) electrons. The number of benzene rings is 2. The molecule has 0 aliphatic heterocycles. The fourth-order valence-corrected chi connectivity index (χ4v) is 3.52. The monoisotopic (exact) mass is 281 g/mol. The van der Waals surface area contributed by atoms with Crippen LogP contribution in [0.4, 0.5) is 0 Å². The van der Waals surface area contributed by atoms with Crippen molar-refractivity contribution < 1.29 is 0 Å². The molecule has 1 nitrogen and oxygen atoms in total. The average molecular weight is 281 g/mol. The maximum Gasteiger partial charge on any atom is 0.0395 e. The predicted molar refractivity (Wildman–Crippen MR) is 91.5 cm³/mol. The van der Waals surface area contributed by atoms with E-state index in [1.807, 2.05) is 0 Å². The first-order valence-electron chi connectivity index (χ1n) is 7.93. The number of nitrogens with two attached hydrogens (primary N) is 1. The Bertz CT molecular complexity index is 582. The van der Waals surface area contributed by atoms with Gasteiger partial charge in [-0.1, -0.05) is 67.9 Å². The number of rotatable bonds is 5. The molecule has 112 valence electrons. The van der Waals surface area contributed by atoms with Crippen molar-refractivity contribution in [2.75, 3.05) is 0 Å². The third-order valence-electron chi connectivity index (χ3n) is 4.97. The minimum absolute atomic E-state index is 0.00127. The van der Waals surface area contributed by atoms with Crippen LogP contribution in [0.5, 0.6) is 0 Å². The zero-order valence-corrected chi connectivity index (χ0v) is 13.7. The fraction of sp³-hybridized carbons (Fsp3) is 0.400. The van der Waals surface area contributed by atoms with Crippen LogP contribution >= 0.6 is 0 Å². The number of hydrogen-bond donors (Lipinski definition) is 1. The van der Waals surface area contributed by atoms with Gasteiger partial charge in [0.1, 0.15) is 0 Å². The van der Waals surface area contributed by atoms with E-state index >= 15 is 0 Å². The molecule has 2 aromatic carbocycles. The van der Waals surface area contributed by atoms with E-state index in [0.717, 1.165) is 12.8 Å². The molecule has 0 saturated carbocycles. The van der Waals surface area contributed by atoms with Gasteiger partial charge >= 0.3 is 0 Å². The minimum Gasteiger partial charge on any atom is -0.323 e. The van der Waals surface area contributed by atoms with Crippen molar-refractivity contribution in [3.05, 3.63) is 70.8 Å². The topological polar surface area (TPSA) is 26.0 Å². The molecule has 2 N–H and O–H groups in total. The lowest BCUT2D eigenvalue weighted by molar-refractivity contribution is 0.321. The molecule has 0 bridgehead atoms. The smallest absolute Gasteiger partial charge is 0.0395 e. The van der Waals surface area contributed by atoms with Gasteiger partial charge in [0.2, 0.25) is 0 Å². The molecule has 1 atom stereocenters. The molecule has 1 heteroatoms.